The lowest BCUT2D eigenvalue weighted by Crippen LogP contribution is -2.08. The average Bonchev–Trinajstić information content (AvgIpc) is 2.25. The maximum Gasteiger partial charge on any atom is 0.0743 e. The molecule has 0 radical (unpaired) electrons. The summed E-state index contributed by atoms with van der Waals surface area (Å²) in [6, 6.07) is 7.82. The van der Waals surface area contributed by atoms with Crippen LogP contribution in [0.5, 0.6) is 0 Å². The fourth-order valence-electron chi connectivity index (χ4n) is 1.63. The molecule has 0 amide bonds. The van der Waals surface area contributed by atoms with Crippen molar-refractivity contribution >= 4 is 22.3 Å². The highest BCUT2D eigenvalue weighted by Gasteiger charge is 2.02. The fourth-order valence-corrected chi connectivity index (χ4v) is 1.63. The number of benzene rings is 1. The van der Waals surface area contributed by atoms with E-state index in [1.54, 1.807) is 0 Å². The largest absolute Gasteiger partial charge is 0.399 e. The van der Waals surface area contributed by atoms with Crippen molar-refractivity contribution in [2.45, 2.75) is 13.8 Å². The topological polar surface area (TPSA) is 50.9 Å². The zero-order valence-corrected chi connectivity index (χ0v) is 9.70. The summed E-state index contributed by atoms with van der Waals surface area (Å²) in [4.78, 5) is 4.31. The van der Waals surface area contributed by atoms with Crippen LogP contribution in [0.15, 0.2) is 30.5 Å². The molecular formula is C13H17N3. The Kier molecular flexibility index (Phi) is 2.95. The van der Waals surface area contributed by atoms with E-state index in [4.69, 9.17) is 5.73 Å². The molecule has 0 spiro atoms. The van der Waals surface area contributed by atoms with Crippen LogP contribution in [0.4, 0.5) is 11.4 Å². The highest BCUT2D eigenvalue weighted by atomic mass is 14.9. The summed E-state index contributed by atoms with van der Waals surface area (Å²) in [5.74, 6) is 0.622. The van der Waals surface area contributed by atoms with E-state index in [-0.39, 0.29) is 0 Å². The maximum atomic E-state index is 5.74. The number of nitrogen functional groups attached to an aromatic ring is 1. The van der Waals surface area contributed by atoms with Gasteiger partial charge in [-0.2, -0.15) is 0 Å². The first-order chi connectivity index (χ1) is 7.66. The van der Waals surface area contributed by atoms with Crippen LogP contribution in [0.1, 0.15) is 13.8 Å². The van der Waals surface area contributed by atoms with Crippen molar-refractivity contribution < 1.29 is 0 Å². The van der Waals surface area contributed by atoms with Crippen molar-refractivity contribution in [3.8, 4) is 0 Å². The zero-order chi connectivity index (χ0) is 11.5. The molecule has 3 N–H and O–H groups in total. The minimum atomic E-state index is 0.622. The molecule has 0 atom stereocenters. The first-order valence-corrected chi connectivity index (χ1v) is 5.55. The van der Waals surface area contributed by atoms with Gasteiger partial charge in [0.25, 0.3) is 0 Å². The van der Waals surface area contributed by atoms with Crippen molar-refractivity contribution in [1.29, 1.82) is 0 Å². The van der Waals surface area contributed by atoms with E-state index in [2.05, 4.69) is 24.1 Å². The van der Waals surface area contributed by atoms with E-state index in [1.165, 1.54) is 0 Å². The van der Waals surface area contributed by atoms with Crippen LogP contribution in [0, 0.1) is 5.92 Å². The lowest BCUT2D eigenvalue weighted by atomic mass is 10.1. The number of nitrogens with two attached hydrogens (primary N) is 1. The summed E-state index contributed by atoms with van der Waals surface area (Å²) in [5, 5.41) is 4.55. The van der Waals surface area contributed by atoms with Crippen LogP contribution in [0.25, 0.3) is 10.9 Å². The van der Waals surface area contributed by atoms with Crippen molar-refractivity contribution in [1.82, 2.24) is 4.98 Å². The van der Waals surface area contributed by atoms with Gasteiger partial charge in [0.05, 0.1) is 5.52 Å². The van der Waals surface area contributed by atoms with E-state index in [9.17, 15) is 0 Å². The molecule has 2 rings (SSSR count). The maximum absolute atomic E-state index is 5.74. The van der Waals surface area contributed by atoms with Gasteiger partial charge in [-0.05, 0) is 30.2 Å². The first kappa shape index (κ1) is 10.7. The Bertz CT molecular complexity index is 492. The molecule has 0 saturated heterocycles. The second-order valence-corrected chi connectivity index (χ2v) is 4.41. The predicted octanol–water partition coefficient (Wildman–Crippen LogP) is 2.88. The molecule has 84 valence electrons. The molecule has 0 aliphatic rings. The summed E-state index contributed by atoms with van der Waals surface area (Å²) in [6.45, 7) is 5.34. The van der Waals surface area contributed by atoms with E-state index in [1.807, 2.05) is 30.5 Å². The van der Waals surface area contributed by atoms with Gasteiger partial charge in [-0.15, -0.1) is 0 Å². The molecule has 0 fully saturated rings. The Balaban J connectivity index is 2.38. The predicted molar refractivity (Wildman–Crippen MR) is 69.5 cm³/mol. The smallest absolute Gasteiger partial charge is 0.0743 e. The third-order valence-electron chi connectivity index (χ3n) is 2.47. The molecule has 0 aliphatic carbocycles. The summed E-state index contributed by atoms with van der Waals surface area (Å²) in [7, 11) is 0. The molecule has 0 aliphatic heterocycles. The van der Waals surface area contributed by atoms with Crippen molar-refractivity contribution in [3.63, 3.8) is 0 Å². The number of hydrogen-bond acceptors (Lipinski definition) is 3. The number of hydrogen-bond donors (Lipinski definition) is 2. The minimum Gasteiger partial charge on any atom is -0.399 e. The Hall–Kier alpha value is -1.77. The third-order valence-corrected chi connectivity index (χ3v) is 2.47. The fraction of sp³-hybridized carbons (Fsp3) is 0.308. The number of nitrogens with one attached hydrogen (secondary N) is 1. The number of nitrogens with zero attached hydrogens (tertiary/aromatic N) is 1. The second kappa shape index (κ2) is 4.39. The zero-order valence-electron chi connectivity index (χ0n) is 9.70. The summed E-state index contributed by atoms with van der Waals surface area (Å²) in [6.07, 6.45) is 1.81. The van der Waals surface area contributed by atoms with Gasteiger partial charge < -0.3 is 11.1 Å². The number of aromatic nitrogens is 1. The molecule has 2 aromatic rings. The quantitative estimate of drug-likeness (QED) is 0.774. The van der Waals surface area contributed by atoms with Crippen molar-refractivity contribution in [2.75, 3.05) is 17.6 Å². The highest BCUT2D eigenvalue weighted by Crippen LogP contribution is 2.23. The van der Waals surface area contributed by atoms with Gasteiger partial charge in [-0.3, -0.25) is 4.98 Å². The molecule has 0 unspecified atom stereocenters. The van der Waals surface area contributed by atoms with Gasteiger partial charge in [0.2, 0.25) is 0 Å². The van der Waals surface area contributed by atoms with E-state index < -0.39 is 0 Å². The van der Waals surface area contributed by atoms with E-state index >= 15 is 0 Å². The van der Waals surface area contributed by atoms with Gasteiger partial charge in [-0.25, -0.2) is 0 Å². The van der Waals surface area contributed by atoms with Crippen molar-refractivity contribution in [2.24, 2.45) is 5.92 Å². The summed E-state index contributed by atoms with van der Waals surface area (Å²) < 4.78 is 0. The van der Waals surface area contributed by atoms with Gasteiger partial charge in [0.15, 0.2) is 0 Å². The molecular weight excluding hydrogens is 198 g/mol. The standard InChI is InChI=1S/C13H17N3/c1-9(2)8-16-12-5-6-15-13-7-10(14)3-4-11(12)13/h3-7,9H,8,14H2,1-2H3,(H,15,16). The second-order valence-electron chi connectivity index (χ2n) is 4.41. The summed E-state index contributed by atoms with van der Waals surface area (Å²) in [5.41, 5.74) is 8.55. The van der Waals surface area contributed by atoms with Crippen LogP contribution in [0.3, 0.4) is 0 Å². The minimum absolute atomic E-state index is 0.622. The molecule has 3 heteroatoms. The van der Waals surface area contributed by atoms with Crippen LogP contribution in [-0.4, -0.2) is 11.5 Å². The van der Waals surface area contributed by atoms with Crippen LogP contribution >= 0.6 is 0 Å². The number of pyridine rings is 1. The highest BCUT2D eigenvalue weighted by molar-refractivity contribution is 5.92. The monoisotopic (exact) mass is 215 g/mol. The lowest BCUT2D eigenvalue weighted by molar-refractivity contribution is 0.689. The van der Waals surface area contributed by atoms with Crippen LogP contribution < -0.4 is 11.1 Å². The lowest BCUT2D eigenvalue weighted by Gasteiger charge is -2.11. The molecule has 1 aromatic carbocycles. The number of fused-ring (bicyclic) bond motifs is 1. The Morgan fingerprint density at radius 3 is 2.88 bits per heavy atom. The molecule has 0 bridgehead atoms. The number of rotatable bonds is 3. The Morgan fingerprint density at radius 1 is 1.31 bits per heavy atom. The summed E-state index contributed by atoms with van der Waals surface area (Å²) >= 11 is 0. The van der Waals surface area contributed by atoms with E-state index in [0.717, 1.165) is 28.8 Å². The van der Waals surface area contributed by atoms with Crippen molar-refractivity contribution in [3.05, 3.63) is 30.5 Å². The average molecular weight is 215 g/mol. The number of anilines is 2. The normalized spacial score (nSPS) is 10.9. The molecule has 3 nitrogen and oxygen atoms in total. The van der Waals surface area contributed by atoms with Gasteiger partial charge in [0, 0.05) is 29.5 Å². The first-order valence-electron chi connectivity index (χ1n) is 5.55. The van der Waals surface area contributed by atoms with E-state index in [0.29, 0.717) is 5.92 Å². The molecule has 1 heterocycles. The Labute approximate surface area is 95.7 Å². The van der Waals surface area contributed by atoms with Gasteiger partial charge >= 0.3 is 0 Å². The molecule has 0 saturated carbocycles. The third kappa shape index (κ3) is 2.24. The van der Waals surface area contributed by atoms with Crippen LogP contribution in [-0.2, 0) is 0 Å². The SMILES string of the molecule is CC(C)CNc1ccnc2cc(N)ccc12. The Morgan fingerprint density at radius 2 is 2.12 bits per heavy atom. The molecule has 1 aromatic heterocycles. The molecule has 16 heavy (non-hydrogen) atoms. The van der Waals surface area contributed by atoms with Crippen LogP contribution in [0.2, 0.25) is 0 Å². The van der Waals surface area contributed by atoms with Gasteiger partial charge in [-0.1, -0.05) is 13.8 Å². The van der Waals surface area contributed by atoms with Gasteiger partial charge in [0.1, 0.15) is 0 Å².